The molecule has 6 nitrogen and oxygen atoms in total. The van der Waals surface area contributed by atoms with Gasteiger partial charge in [0.15, 0.2) is 6.10 Å². The van der Waals surface area contributed by atoms with Gasteiger partial charge in [-0.3, -0.25) is 19.0 Å². The molecule has 0 amide bonds. The zero-order valence-corrected chi connectivity index (χ0v) is 13.6. The maximum atomic E-state index is 12.4. The van der Waals surface area contributed by atoms with E-state index in [1.165, 1.54) is 17.8 Å². The van der Waals surface area contributed by atoms with Crippen LogP contribution in [0.15, 0.2) is 65.7 Å². The zero-order chi connectivity index (χ0) is 17.8. The van der Waals surface area contributed by atoms with Gasteiger partial charge in [-0.2, -0.15) is 0 Å². The second kappa shape index (κ2) is 7.09. The number of para-hydroxylation sites is 1. The number of aromatic nitrogens is 2. The molecule has 3 rings (SSSR count). The summed E-state index contributed by atoms with van der Waals surface area (Å²) in [5.41, 5.74) is 0.696. The monoisotopic (exact) mass is 336 g/mol. The number of hydrogen-bond acceptors (Lipinski definition) is 5. The first-order valence-electron chi connectivity index (χ1n) is 7.79. The lowest BCUT2D eigenvalue weighted by Gasteiger charge is -2.13. The van der Waals surface area contributed by atoms with Crippen molar-refractivity contribution in [1.82, 2.24) is 9.55 Å². The van der Waals surface area contributed by atoms with Gasteiger partial charge in [0.05, 0.1) is 17.2 Å². The molecule has 0 aliphatic carbocycles. The average Bonchev–Trinajstić information content (AvgIpc) is 2.64. The molecule has 1 aromatic heterocycles. The Labute approximate surface area is 143 Å². The van der Waals surface area contributed by atoms with Crippen LogP contribution in [0.1, 0.15) is 17.3 Å². The van der Waals surface area contributed by atoms with Crippen LogP contribution in [0.4, 0.5) is 0 Å². The van der Waals surface area contributed by atoms with E-state index in [-0.39, 0.29) is 17.9 Å². The van der Waals surface area contributed by atoms with Crippen molar-refractivity contribution < 1.29 is 14.3 Å². The lowest BCUT2D eigenvalue weighted by Crippen LogP contribution is -2.30. The van der Waals surface area contributed by atoms with Gasteiger partial charge in [-0.05, 0) is 19.1 Å². The molecule has 0 N–H and O–H groups in total. The minimum atomic E-state index is -0.931. The summed E-state index contributed by atoms with van der Waals surface area (Å²) >= 11 is 0. The summed E-state index contributed by atoms with van der Waals surface area (Å²) in [7, 11) is 0. The van der Waals surface area contributed by atoms with Crippen LogP contribution >= 0.6 is 0 Å². The molecule has 1 heterocycles. The molecule has 0 unspecified atom stereocenters. The first kappa shape index (κ1) is 16.6. The molecule has 0 saturated carbocycles. The van der Waals surface area contributed by atoms with Gasteiger partial charge in [0.2, 0.25) is 5.78 Å². The highest BCUT2D eigenvalue weighted by atomic mass is 16.5. The van der Waals surface area contributed by atoms with Gasteiger partial charge < -0.3 is 4.74 Å². The lowest BCUT2D eigenvalue weighted by molar-refractivity contribution is -0.147. The van der Waals surface area contributed by atoms with Crippen molar-refractivity contribution in [2.45, 2.75) is 19.6 Å². The van der Waals surface area contributed by atoms with E-state index in [0.717, 1.165) is 0 Å². The highest BCUT2D eigenvalue weighted by molar-refractivity contribution is 6.00. The van der Waals surface area contributed by atoms with E-state index in [0.29, 0.717) is 16.5 Å². The Morgan fingerprint density at radius 2 is 1.76 bits per heavy atom. The molecule has 0 aliphatic heterocycles. The van der Waals surface area contributed by atoms with E-state index in [2.05, 4.69) is 4.98 Å². The standard InChI is InChI=1S/C19H16N2O4/c1-13(18(23)14-7-3-2-4-8-14)25-17(22)11-21-12-20-16-10-6-5-9-15(16)19(21)24/h2-10,12-13H,11H2,1H3/t13-/m0/s1. The molecule has 0 fully saturated rings. The van der Waals surface area contributed by atoms with E-state index in [9.17, 15) is 14.4 Å². The molecule has 0 spiro atoms. The maximum Gasteiger partial charge on any atom is 0.326 e. The van der Waals surface area contributed by atoms with Crippen molar-refractivity contribution in [1.29, 1.82) is 0 Å². The molecular formula is C19H16N2O4. The largest absolute Gasteiger partial charge is 0.453 e. The molecule has 126 valence electrons. The third-order valence-electron chi connectivity index (χ3n) is 3.77. The van der Waals surface area contributed by atoms with E-state index in [1.807, 2.05) is 0 Å². The summed E-state index contributed by atoms with van der Waals surface area (Å²) in [6.45, 7) is 1.21. The molecule has 0 aliphatic rings. The second-order valence-corrected chi connectivity index (χ2v) is 5.56. The van der Waals surface area contributed by atoms with Crippen molar-refractivity contribution >= 4 is 22.7 Å². The van der Waals surface area contributed by atoms with Crippen LogP contribution in [0.5, 0.6) is 0 Å². The highest BCUT2D eigenvalue weighted by Crippen LogP contribution is 2.07. The van der Waals surface area contributed by atoms with Crippen molar-refractivity contribution in [3.8, 4) is 0 Å². The van der Waals surface area contributed by atoms with Crippen LogP contribution < -0.4 is 5.56 Å². The minimum absolute atomic E-state index is 0.294. The Morgan fingerprint density at radius 1 is 1.08 bits per heavy atom. The van der Waals surface area contributed by atoms with Gasteiger partial charge in [-0.1, -0.05) is 42.5 Å². The molecule has 3 aromatic rings. The van der Waals surface area contributed by atoms with Crippen LogP contribution in [-0.2, 0) is 16.1 Å². The Kier molecular flexibility index (Phi) is 4.70. The fourth-order valence-electron chi connectivity index (χ4n) is 2.48. The molecule has 25 heavy (non-hydrogen) atoms. The average molecular weight is 336 g/mol. The normalized spacial score (nSPS) is 11.9. The predicted molar refractivity (Wildman–Crippen MR) is 92.3 cm³/mol. The summed E-state index contributed by atoms with van der Waals surface area (Å²) in [4.78, 5) is 40.8. The predicted octanol–water partition coefficient (Wildman–Crippen LogP) is 2.21. The summed E-state index contributed by atoms with van der Waals surface area (Å²) in [5, 5.41) is 0.422. The van der Waals surface area contributed by atoms with Crippen molar-refractivity contribution in [2.24, 2.45) is 0 Å². The van der Waals surface area contributed by atoms with E-state index in [4.69, 9.17) is 4.74 Å². The Hall–Kier alpha value is -3.28. The van der Waals surface area contributed by atoms with Crippen molar-refractivity contribution in [3.05, 3.63) is 76.8 Å². The quantitative estimate of drug-likeness (QED) is 0.527. The number of hydrogen-bond donors (Lipinski definition) is 0. The summed E-state index contributed by atoms with van der Waals surface area (Å²) in [5.74, 6) is -0.964. The number of ketones is 1. The third kappa shape index (κ3) is 3.63. The molecule has 6 heteroatoms. The zero-order valence-electron chi connectivity index (χ0n) is 13.6. The smallest absolute Gasteiger partial charge is 0.326 e. The van der Waals surface area contributed by atoms with Crippen LogP contribution in [0.25, 0.3) is 10.9 Å². The van der Waals surface area contributed by atoms with Gasteiger partial charge in [0, 0.05) is 5.56 Å². The highest BCUT2D eigenvalue weighted by Gasteiger charge is 2.19. The minimum Gasteiger partial charge on any atom is -0.453 e. The van der Waals surface area contributed by atoms with Crippen LogP contribution in [0.3, 0.4) is 0 Å². The molecule has 2 aromatic carbocycles. The number of rotatable bonds is 5. The molecule has 0 radical (unpaired) electrons. The van der Waals surface area contributed by atoms with Crippen LogP contribution in [-0.4, -0.2) is 27.4 Å². The Balaban J connectivity index is 1.71. The fourth-order valence-corrected chi connectivity index (χ4v) is 2.48. The van der Waals surface area contributed by atoms with Gasteiger partial charge in [-0.25, -0.2) is 4.98 Å². The Bertz CT molecular complexity index is 979. The fraction of sp³-hybridized carbons (Fsp3) is 0.158. The first-order chi connectivity index (χ1) is 12.1. The maximum absolute atomic E-state index is 12.4. The number of fused-ring (bicyclic) bond motifs is 1. The van der Waals surface area contributed by atoms with Crippen molar-refractivity contribution in [3.63, 3.8) is 0 Å². The van der Waals surface area contributed by atoms with E-state index < -0.39 is 12.1 Å². The summed E-state index contributed by atoms with van der Waals surface area (Å²) < 4.78 is 6.33. The molecule has 0 saturated heterocycles. The first-order valence-corrected chi connectivity index (χ1v) is 7.79. The molecule has 1 atom stereocenters. The SMILES string of the molecule is C[C@H](OC(=O)Cn1cnc2ccccc2c1=O)C(=O)c1ccccc1. The van der Waals surface area contributed by atoms with Crippen LogP contribution in [0, 0.1) is 0 Å². The van der Waals surface area contributed by atoms with Crippen molar-refractivity contribution in [2.75, 3.05) is 0 Å². The second-order valence-electron chi connectivity index (χ2n) is 5.56. The number of ether oxygens (including phenoxy) is 1. The van der Waals surface area contributed by atoms with E-state index in [1.54, 1.807) is 54.6 Å². The van der Waals surface area contributed by atoms with Gasteiger partial charge in [-0.15, -0.1) is 0 Å². The number of carbonyl (C=O) groups is 2. The molecular weight excluding hydrogens is 320 g/mol. The lowest BCUT2D eigenvalue weighted by atomic mass is 10.1. The summed E-state index contributed by atoms with van der Waals surface area (Å²) in [6, 6.07) is 15.5. The van der Waals surface area contributed by atoms with Gasteiger partial charge in [0.1, 0.15) is 6.54 Å². The van der Waals surface area contributed by atoms with Crippen LogP contribution in [0.2, 0.25) is 0 Å². The number of benzene rings is 2. The summed E-state index contributed by atoms with van der Waals surface area (Å²) in [6.07, 6.45) is 0.370. The number of carbonyl (C=O) groups excluding carboxylic acids is 2. The number of esters is 1. The number of nitrogens with zero attached hydrogens (tertiary/aromatic N) is 2. The third-order valence-corrected chi connectivity index (χ3v) is 3.77. The number of Topliss-reactive ketones (excluding diaryl/α,β-unsaturated/α-hetero) is 1. The topological polar surface area (TPSA) is 78.3 Å². The molecule has 0 bridgehead atoms. The van der Waals surface area contributed by atoms with Gasteiger partial charge >= 0.3 is 5.97 Å². The Morgan fingerprint density at radius 3 is 2.52 bits per heavy atom. The van der Waals surface area contributed by atoms with Gasteiger partial charge in [0.25, 0.3) is 5.56 Å². The van der Waals surface area contributed by atoms with E-state index >= 15 is 0 Å².